The van der Waals surface area contributed by atoms with Crippen molar-refractivity contribution in [1.82, 2.24) is 0 Å². The third-order valence-electron chi connectivity index (χ3n) is 0. The maximum atomic E-state index is 0. The van der Waals surface area contributed by atoms with Gasteiger partial charge in [0.1, 0.15) is 0 Å². The van der Waals surface area contributed by atoms with Crippen molar-refractivity contribution in [3.05, 3.63) is 0 Å². The van der Waals surface area contributed by atoms with Crippen LogP contribution >= 0.6 is 0 Å². The molecule has 0 heterocycles. The summed E-state index contributed by atoms with van der Waals surface area (Å²) in [6, 6.07) is 0. The molecule has 0 aromatic rings. The van der Waals surface area contributed by atoms with Crippen LogP contribution in [0.2, 0.25) is 0 Å². The van der Waals surface area contributed by atoms with Gasteiger partial charge < -0.3 is 0 Å². The predicted molar refractivity (Wildman–Crippen MR) is 8.54 cm³/mol. The Morgan fingerprint density at radius 1 is 0.333 bits per heavy atom. The summed E-state index contributed by atoms with van der Waals surface area (Å²) in [7, 11) is 0. The van der Waals surface area contributed by atoms with Gasteiger partial charge in [0.15, 0.2) is 0 Å². The van der Waals surface area contributed by atoms with Gasteiger partial charge in [-0.05, 0) is 0 Å². The van der Waals surface area contributed by atoms with Gasteiger partial charge in [-0.1, -0.05) is 0 Å². The van der Waals surface area contributed by atoms with E-state index in [0.717, 1.165) is 0 Å². The fourth-order valence-corrected chi connectivity index (χ4v) is 0. The minimum atomic E-state index is 0. The van der Waals surface area contributed by atoms with Crippen LogP contribution in [0.4, 0.5) is 0 Å². The molecule has 0 rings (SSSR count). The summed E-state index contributed by atoms with van der Waals surface area (Å²) in [6.45, 7) is 0. The van der Waals surface area contributed by atoms with Gasteiger partial charge in [0.05, 0.1) is 0 Å². The van der Waals surface area contributed by atoms with Crippen molar-refractivity contribution in [2.45, 2.75) is 0 Å². The fourth-order valence-electron chi connectivity index (χ4n) is 0. The molecule has 0 aromatic carbocycles. The average Bonchev–Trinajstić information content (AvgIpc) is 0. The number of hydrogen-bond donors (Lipinski definition) is 0. The van der Waals surface area contributed by atoms with Crippen molar-refractivity contribution in [1.29, 1.82) is 0 Å². The topological polar surface area (TPSA) is 0 Å². The van der Waals surface area contributed by atoms with Crippen LogP contribution in [0.5, 0.6) is 0 Å². The van der Waals surface area contributed by atoms with Crippen molar-refractivity contribution in [3.8, 4) is 0 Å². The van der Waals surface area contributed by atoms with Crippen LogP contribution in [-0.2, 0) is 112 Å². The maximum absolute atomic E-state index is 0. The Hall–Kier alpha value is 4.50. The Labute approximate surface area is 133 Å². The monoisotopic (exact) mass is 1110 g/mol. The summed E-state index contributed by atoms with van der Waals surface area (Å²) < 4.78 is 0. The van der Waals surface area contributed by atoms with E-state index in [9.17, 15) is 0 Å². The zero-order valence-corrected chi connectivity index (χ0v) is 17.1. The molecular formula is H2Au5Sn. The first kappa shape index (κ1) is 46.8. The molecular weight excluding hydrogens is 1100 g/mol. The van der Waals surface area contributed by atoms with Crippen LogP contribution in [0, 0.1) is 0 Å². The van der Waals surface area contributed by atoms with Gasteiger partial charge in [0.2, 0.25) is 0 Å². The predicted octanol–water partition coefficient (Wildman–Crippen LogP) is -0.929. The average molecular weight is 1110 g/mol. The van der Waals surface area contributed by atoms with Gasteiger partial charge in [-0.25, -0.2) is 0 Å². The summed E-state index contributed by atoms with van der Waals surface area (Å²) in [5.41, 5.74) is 0. The van der Waals surface area contributed by atoms with Crippen molar-refractivity contribution in [2.75, 3.05) is 0 Å². The normalized spacial score (nSPS) is 0. The van der Waals surface area contributed by atoms with E-state index in [1.165, 1.54) is 0 Å². The first-order chi connectivity index (χ1) is 0. The Bertz CT molecular complexity index is 3.90. The molecule has 0 spiro atoms. The fraction of sp³-hybridized carbons (Fsp3) is 0. The van der Waals surface area contributed by atoms with E-state index in [0.29, 0.717) is 0 Å². The molecule has 0 saturated carbocycles. The molecule has 6 heteroatoms. The molecule has 0 N–H and O–H groups in total. The van der Waals surface area contributed by atoms with Crippen LogP contribution in [0.25, 0.3) is 0 Å². The van der Waals surface area contributed by atoms with Crippen molar-refractivity contribution >= 4 is 23.9 Å². The number of hydrogen-bond acceptors (Lipinski definition) is 0. The van der Waals surface area contributed by atoms with Gasteiger partial charge in [-0.3, -0.25) is 0 Å². The van der Waals surface area contributed by atoms with Crippen molar-refractivity contribution in [3.63, 3.8) is 0 Å². The Balaban J connectivity index is 0. The second-order valence-electron chi connectivity index (χ2n) is 0. The first-order valence-corrected chi connectivity index (χ1v) is 0. The molecule has 6 heavy (non-hydrogen) atoms. The summed E-state index contributed by atoms with van der Waals surface area (Å²) in [4.78, 5) is 0. The Kier molecular flexibility index (Phi) is 264. The molecule has 0 amide bonds. The van der Waals surface area contributed by atoms with Gasteiger partial charge in [-0.2, -0.15) is 0 Å². The van der Waals surface area contributed by atoms with Crippen molar-refractivity contribution < 1.29 is 112 Å². The third-order valence-corrected chi connectivity index (χ3v) is 0. The molecule has 61 valence electrons. The van der Waals surface area contributed by atoms with Crippen LogP contribution < -0.4 is 0 Å². The summed E-state index contributed by atoms with van der Waals surface area (Å²) in [5, 5.41) is 0. The van der Waals surface area contributed by atoms with E-state index in [-0.39, 0.29) is 136 Å². The molecule has 0 saturated heterocycles. The molecule has 7 radical (unpaired) electrons. The van der Waals surface area contributed by atoms with E-state index < -0.39 is 0 Å². The summed E-state index contributed by atoms with van der Waals surface area (Å²) >= 11 is 0. The summed E-state index contributed by atoms with van der Waals surface area (Å²) in [6.07, 6.45) is 0. The third kappa shape index (κ3) is 23.6. The van der Waals surface area contributed by atoms with Gasteiger partial charge >= 0.3 is 23.9 Å². The van der Waals surface area contributed by atoms with E-state index in [4.69, 9.17) is 0 Å². The zero-order chi connectivity index (χ0) is 0. The second-order valence-corrected chi connectivity index (χ2v) is 0. The van der Waals surface area contributed by atoms with Crippen LogP contribution in [0.3, 0.4) is 0 Å². The summed E-state index contributed by atoms with van der Waals surface area (Å²) in [5.74, 6) is 0. The second kappa shape index (κ2) is 33.9. The molecule has 0 aliphatic carbocycles. The first-order valence-electron chi connectivity index (χ1n) is 0. The molecule has 0 atom stereocenters. The standard InChI is InChI=1S/5Au.Sn.2H. The SMILES string of the molecule is [Au].[Au].[Au].[Au].[Au].[SnH2]. The van der Waals surface area contributed by atoms with Crippen LogP contribution in [0.1, 0.15) is 0 Å². The Morgan fingerprint density at radius 3 is 0.333 bits per heavy atom. The van der Waals surface area contributed by atoms with E-state index >= 15 is 0 Å². The molecule has 0 nitrogen and oxygen atoms in total. The minimum absolute atomic E-state index is 0. The van der Waals surface area contributed by atoms with E-state index in [1.54, 1.807) is 0 Å². The molecule has 0 aromatic heterocycles. The van der Waals surface area contributed by atoms with Crippen LogP contribution in [0.15, 0.2) is 0 Å². The van der Waals surface area contributed by atoms with Gasteiger partial charge in [0.25, 0.3) is 0 Å². The molecule has 0 aliphatic rings. The zero-order valence-electron chi connectivity index (χ0n) is 2.21. The Morgan fingerprint density at radius 2 is 0.333 bits per heavy atom. The quantitative estimate of drug-likeness (QED) is 0.276. The van der Waals surface area contributed by atoms with Crippen molar-refractivity contribution in [2.24, 2.45) is 0 Å². The molecule has 0 aliphatic heterocycles. The molecule has 0 fully saturated rings. The van der Waals surface area contributed by atoms with Gasteiger partial charge in [-0.15, -0.1) is 0 Å². The molecule has 0 unspecified atom stereocenters. The van der Waals surface area contributed by atoms with E-state index in [1.807, 2.05) is 0 Å². The van der Waals surface area contributed by atoms with Crippen LogP contribution in [-0.4, -0.2) is 23.9 Å². The number of rotatable bonds is 0. The van der Waals surface area contributed by atoms with E-state index in [2.05, 4.69) is 0 Å². The van der Waals surface area contributed by atoms with Gasteiger partial charge in [0, 0.05) is 112 Å². The molecule has 0 bridgehead atoms.